The van der Waals surface area contributed by atoms with Gasteiger partial charge in [0.1, 0.15) is 6.61 Å². The van der Waals surface area contributed by atoms with Crippen molar-refractivity contribution in [2.75, 3.05) is 0 Å². The molecular formula is C20H17BrO8. The van der Waals surface area contributed by atoms with E-state index < -0.39 is 23.9 Å². The molecule has 8 nitrogen and oxygen atoms in total. The molecule has 0 N–H and O–H groups in total. The minimum Gasteiger partial charge on any atom is -0.457 e. The monoisotopic (exact) mass is 464 g/mol. The molecule has 152 valence electrons. The van der Waals surface area contributed by atoms with Crippen molar-refractivity contribution in [1.82, 2.24) is 0 Å². The normalized spacial score (nSPS) is 10.1. The number of rotatable bonds is 6. The molecule has 0 unspecified atom stereocenters. The quantitative estimate of drug-likeness (QED) is 0.471. The summed E-state index contributed by atoms with van der Waals surface area (Å²) < 4.78 is 21.2. The van der Waals surface area contributed by atoms with E-state index in [1.807, 2.05) is 0 Å². The number of carbonyl (C=O) groups is 4. The summed E-state index contributed by atoms with van der Waals surface area (Å²) in [4.78, 5) is 46.7. The summed E-state index contributed by atoms with van der Waals surface area (Å²) in [5, 5.41) is 0. The number of hydrogen-bond acceptors (Lipinski definition) is 8. The molecule has 0 fully saturated rings. The minimum atomic E-state index is -0.760. The number of benzene rings is 2. The van der Waals surface area contributed by atoms with Gasteiger partial charge in [-0.1, -0.05) is 28.1 Å². The van der Waals surface area contributed by atoms with Crippen LogP contribution in [0.15, 0.2) is 40.9 Å². The van der Waals surface area contributed by atoms with Gasteiger partial charge in [0, 0.05) is 25.2 Å². The summed E-state index contributed by atoms with van der Waals surface area (Å²) >= 11 is 3.31. The molecule has 2 aromatic carbocycles. The second-order valence-electron chi connectivity index (χ2n) is 5.79. The van der Waals surface area contributed by atoms with E-state index in [2.05, 4.69) is 15.9 Å². The topological polar surface area (TPSA) is 105 Å². The van der Waals surface area contributed by atoms with Gasteiger partial charge in [0.25, 0.3) is 0 Å². The van der Waals surface area contributed by atoms with E-state index in [-0.39, 0.29) is 29.4 Å². The highest BCUT2D eigenvalue weighted by molar-refractivity contribution is 9.10. The Morgan fingerprint density at radius 2 is 1.28 bits per heavy atom. The van der Waals surface area contributed by atoms with Gasteiger partial charge in [-0.15, -0.1) is 0 Å². The molecule has 0 heterocycles. The van der Waals surface area contributed by atoms with Gasteiger partial charge in [0.2, 0.25) is 5.75 Å². The van der Waals surface area contributed by atoms with E-state index in [1.54, 1.807) is 24.3 Å². The van der Waals surface area contributed by atoms with Crippen LogP contribution in [0, 0.1) is 0 Å². The van der Waals surface area contributed by atoms with Crippen molar-refractivity contribution in [3.63, 3.8) is 0 Å². The van der Waals surface area contributed by atoms with E-state index in [0.717, 1.165) is 42.9 Å². The molecular weight excluding hydrogens is 448 g/mol. The predicted molar refractivity (Wildman–Crippen MR) is 104 cm³/mol. The molecule has 0 saturated carbocycles. The zero-order valence-electron chi connectivity index (χ0n) is 15.8. The van der Waals surface area contributed by atoms with Gasteiger partial charge in [-0.25, -0.2) is 4.79 Å². The third-order valence-corrected chi connectivity index (χ3v) is 3.82. The highest BCUT2D eigenvalue weighted by Crippen LogP contribution is 2.39. The highest BCUT2D eigenvalue weighted by Gasteiger charge is 2.23. The van der Waals surface area contributed by atoms with Crippen molar-refractivity contribution in [3.05, 3.63) is 52.0 Å². The highest BCUT2D eigenvalue weighted by atomic mass is 79.9. The van der Waals surface area contributed by atoms with E-state index in [0.29, 0.717) is 0 Å². The standard InChI is InChI=1S/C20H17BrO8/c1-11(22)27-17-8-15(9-18(28-12(2)23)19(17)29-13(3)24)20(25)26-10-14-4-6-16(21)7-5-14/h4-9H,10H2,1-3H3. The lowest BCUT2D eigenvalue weighted by Gasteiger charge is -2.14. The first-order valence-corrected chi connectivity index (χ1v) is 9.10. The lowest BCUT2D eigenvalue weighted by Crippen LogP contribution is -2.13. The number of halogens is 1. The molecule has 0 saturated heterocycles. The Labute approximate surface area is 174 Å². The number of carbonyl (C=O) groups excluding carboxylic acids is 4. The van der Waals surface area contributed by atoms with Crippen LogP contribution in [0.3, 0.4) is 0 Å². The fourth-order valence-electron chi connectivity index (χ4n) is 2.21. The summed E-state index contributed by atoms with van der Waals surface area (Å²) in [6.45, 7) is 3.36. The third kappa shape index (κ3) is 6.72. The second-order valence-corrected chi connectivity index (χ2v) is 6.70. The average Bonchev–Trinajstić information content (AvgIpc) is 2.62. The molecule has 2 rings (SSSR count). The molecule has 0 atom stereocenters. The summed E-state index contributed by atoms with van der Waals surface area (Å²) in [6.07, 6.45) is 0. The summed E-state index contributed by atoms with van der Waals surface area (Å²) in [7, 11) is 0. The van der Waals surface area contributed by atoms with Crippen LogP contribution in [-0.2, 0) is 25.7 Å². The molecule has 0 amide bonds. The Balaban J connectivity index is 2.37. The maximum absolute atomic E-state index is 12.5. The Kier molecular flexibility index (Phi) is 7.49. The maximum Gasteiger partial charge on any atom is 0.338 e. The van der Waals surface area contributed by atoms with Crippen molar-refractivity contribution in [1.29, 1.82) is 0 Å². The van der Waals surface area contributed by atoms with Gasteiger partial charge in [-0.2, -0.15) is 0 Å². The molecule has 29 heavy (non-hydrogen) atoms. The predicted octanol–water partition coefficient (Wildman–Crippen LogP) is 3.58. The number of esters is 4. The van der Waals surface area contributed by atoms with Gasteiger partial charge in [0.05, 0.1) is 5.56 Å². The average molecular weight is 465 g/mol. The summed E-state index contributed by atoms with van der Waals surface area (Å²) in [6, 6.07) is 9.47. The molecule has 0 aliphatic carbocycles. The van der Waals surface area contributed by atoms with Gasteiger partial charge in [0.15, 0.2) is 11.5 Å². The fraction of sp³-hybridized carbons (Fsp3) is 0.200. The van der Waals surface area contributed by atoms with Crippen LogP contribution >= 0.6 is 15.9 Å². The summed E-state index contributed by atoms with van der Waals surface area (Å²) in [5.74, 6) is -3.78. The first-order chi connectivity index (χ1) is 13.7. The van der Waals surface area contributed by atoms with Crippen molar-refractivity contribution in [3.8, 4) is 17.2 Å². The molecule has 2 aromatic rings. The van der Waals surface area contributed by atoms with E-state index in [1.165, 1.54) is 0 Å². The summed E-state index contributed by atoms with van der Waals surface area (Å²) in [5.41, 5.74) is 0.684. The van der Waals surface area contributed by atoms with E-state index >= 15 is 0 Å². The van der Waals surface area contributed by atoms with Crippen LogP contribution in [0.25, 0.3) is 0 Å². The molecule has 0 bridgehead atoms. The Bertz CT molecular complexity index is 912. The lowest BCUT2D eigenvalue weighted by molar-refractivity contribution is -0.135. The van der Waals surface area contributed by atoms with Crippen LogP contribution in [0.5, 0.6) is 17.2 Å². The van der Waals surface area contributed by atoms with Crippen LogP contribution in [0.2, 0.25) is 0 Å². The smallest absolute Gasteiger partial charge is 0.338 e. The first kappa shape index (κ1) is 22.1. The van der Waals surface area contributed by atoms with Crippen molar-refractivity contribution >= 4 is 39.8 Å². The minimum absolute atomic E-state index is 0.0103. The van der Waals surface area contributed by atoms with Crippen LogP contribution in [0.4, 0.5) is 0 Å². The van der Waals surface area contributed by atoms with Crippen molar-refractivity contribution in [2.24, 2.45) is 0 Å². The van der Waals surface area contributed by atoms with Crippen LogP contribution in [0.1, 0.15) is 36.7 Å². The van der Waals surface area contributed by atoms with Gasteiger partial charge >= 0.3 is 23.9 Å². The largest absolute Gasteiger partial charge is 0.457 e. The number of ether oxygens (including phenoxy) is 4. The van der Waals surface area contributed by atoms with Crippen LogP contribution in [-0.4, -0.2) is 23.9 Å². The first-order valence-electron chi connectivity index (χ1n) is 8.30. The Morgan fingerprint density at radius 1 is 0.793 bits per heavy atom. The zero-order chi connectivity index (χ0) is 21.6. The molecule has 0 radical (unpaired) electrons. The van der Waals surface area contributed by atoms with Crippen molar-refractivity contribution < 1.29 is 38.1 Å². The van der Waals surface area contributed by atoms with Gasteiger partial charge in [-0.3, -0.25) is 14.4 Å². The Hall–Kier alpha value is -3.20. The molecule has 0 aliphatic rings. The van der Waals surface area contributed by atoms with Crippen molar-refractivity contribution in [2.45, 2.75) is 27.4 Å². The molecule has 0 spiro atoms. The maximum atomic E-state index is 12.5. The molecule has 0 aromatic heterocycles. The number of hydrogen-bond donors (Lipinski definition) is 0. The van der Waals surface area contributed by atoms with Crippen LogP contribution < -0.4 is 14.2 Å². The van der Waals surface area contributed by atoms with E-state index in [9.17, 15) is 19.2 Å². The zero-order valence-corrected chi connectivity index (χ0v) is 17.4. The third-order valence-electron chi connectivity index (χ3n) is 3.29. The van der Waals surface area contributed by atoms with Gasteiger partial charge < -0.3 is 18.9 Å². The fourth-order valence-corrected chi connectivity index (χ4v) is 2.48. The molecule has 0 aliphatic heterocycles. The second kappa shape index (κ2) is 9.83. The van der Waals surface area contributed by atoms with E-state index in [4.69, 9.17) is 18.9 Å². The van der Waals surface area contributed by atoms with Gasteiger partial charge in [-0.05, 0) is 29.8 Å². The lowest BCUT2D eigenvalue weighted by atomic mass is 10.1. The Morgan fingerprint density at radius 3 is 1.72 bits per heavy atom. The SMILES string of the molecule is CC(=O)Oc1cc(C(=O)OCc2ccc(Br)cc2)cc(OC(C)=O)c1OC(C)=O. The molecule has 9 heteroatoms.